The summed E-state index contributed by atoms with van der Waals surface area (Å²) in [6.07, 6.45) is 3.10. The van der Waals surface area contributed by atoms with Crippen LogP contribution in [-0.4, -0.2) is 27.7 Å². The molecule has 0 aromatic heterocycles. The van der Waals surface area contributed by atoms with Gasteiger partial charge >= 0.3 is 0 Å². The molecule has 31 heavy (non-hydrogen) atoms. The molecule has 1 aliphatic rings. The zero-order valence-electron chi connectivity index (χ0n) is 16.9. The number of amides is 1. The molecule has 0 radical (unpaired) electrons. The SMILES string of the molecule is CCCCc1ccc(C(=O)Nc2cccc3c2C(=O)c2c(O)ccc(O)c2C3=O)cc1. The molecule has 0 atom stereocenters. The average molecular weight is 415 g/mol. The number of ketones is 2. The zero-order chi connectivity index (χ0) is 22.1. The molecule has 0 heterocycles. The molecule has 0 aliphatic heterocycles. The number of carbonyl (C=O) groups excluding carboxylic acids is 3. The molecular formula is C25H21NO5. The zero-order valence-corrected chi connectivity index (χ0v) is 16.9. The highest BCUT2D eigenvalue weighted by Gasteiger charge is 2.36. The molecule has 3 N–H and O–H groups in total. The molecule has 1 amide bonds. The Morgan fingerprint density at radius 3 is 2.13 bits per heavy atom. The number of nitrogens with one attached hydrogen (secondary N) is 1. The molecule has 0 saturated carbocycles. The molecule has 156 valence electrons. The van der Waals surface area contributed by atoms with Gasteiger partial charge in [-0.05, 0) is 48.7 Å². The van der Waals surface area contributed by atoms with Crippen molar-refractivity contribution in [3.8, 4) is 11.5 Å². The topological polar surface area (TPSA) is 104 Å². The Hall–Kier alpha value is -3.93. The number of phenols is 2. The average Bonchev–Trinajstić information content (AvgIpc) is 2.77. The quantitative estimate of drug-likeness (QED) is 0.417. The lowest BCUT2D eigenvalue weighted by Crippen LogP contribution is -2.24. The molecule has 0 unspecified atom stereocenters. The second-order valence-corrected chi connectivity index (χ2v) is 7.49. The van der Waals surface area contributed by atoms with E-state index in [1.54, 1.807) is 18.2 Å². The third-order valence-electron chi connectivity index (χ3n) is 5.43. The smallest absolute Gasteiger partial charge is 0.255 e. The second-order valence-electron chi connectivity index (χ2n) is 7.49. The summed E-state index contributed by atoms with van der Waals surface area (Å²) in [5.74, 6) is -2.42. The number of unbranched alkanes of at least 4 members (excludes halogenated alkanes) is 1. The van der Waals surface area contributed by atoms with Gasteiger partial charge in [-0.15, -0.1) is 0 Å². The standard InChI is InChI=1S/C25H21NO5/c1-2-3-5-14-8-10-15(11-9-14)25(31)26-17-7-4-6-16-20(17)24(30)22-19(28)13-12-18(27)21(22)23(16)29/h4,6-13,27-28H,2-3,5H2,1H3,(H,26,31). The number of anilines is 1. The van der Waals surface area contributed by atoms with Gasteiger partial charge in [0.2, 0.25) is 0 Å². The van der Waals surface area contributed by atoms with E-state index >= 15 is 0 Å². The van der Waals surface area contributed by atoms with Gasteiger partial charge < -0.3 is 15.5 Å². The third-order valence-corrected chi connectivity index (χ3v) is 5.43. The number of aromatic hydroxyl groups is 2. The van der Waals surface area contributed by atoms with Gasteiger partial charge in [-0.25, -0.2) is 0 Å². The largest absolute Gasteiger partial charge is 0.507 e. The monoisotopic (exact) mass is 415 g/mol. The maximum Gasteiger partial charge on any atom is 0.255 e. The molecule has 1 aliphatic carbocycles. The first-order valence-electron chi connectivity index (χ1n) is 10.1. The van der Waals surface area contributed by atoms with Crippen molar-refractivity contribution in [1.82, 2.24) is 0 Å². The Kier molecular flexibility index (Phi) is 5.29. The van der Waals surface area contributed by atoms with Gasteiger partial charge in [-0.1, -0.05) is 37.6 Å². The number of fused-ring (bicyclic) bond motifs is 2. The van der Waals surface area contributed by atoms with Crippen molar-refractivity contribution < 1.29 is 24.6 Å². The van der Waals surface area contributed by atoms with Crippen LogP contribution in [0.5, 0.6) is 11.5 Å². The molecule has 0 spiro atoms. The van der Waals surface area contributed by atoms with Crippen molar-refractivity contribution in [3.05, 3.63) is 88.0 Å². The van der Waals surface area contributed by atoms with Crippen molar-refractivity contribution >= 4 is 23.2 Å². The highest BCUT2D eigenvalue weighted by molar-refractivity contribution is 6.32. The highest BCUT2D eigenvalue weighted by Crippen LogP contribution is 2.39. The normalized spacial score (nSPS) is 12.3. The van der Waals surface area contributed by atoms with E-state index in [-0.39, 0.29) is 33.7 Å². The molecular weight excluding hydrogens is 394 g/mol. The Balaban J connectivity index is 1.68. The van der Waals surface area contributed by atoms with Crippen LogP contribution in [0, 0.1) is 0 Å². The molecule has 3 aromatic carbocycles. The number of carbonyl (C=O) groups is 3. The maximum absolute atomic E-state index is 13.1. The Morgan fingerprint density at radius 2 is 1.48 bits per heavy atom. The van der Waals surface area contributed by atoms with Crippen LogP contribution in [-0.2, 0) is 6.42 Å². The van der Waals surface area contributed by atoms with Crippen molar-refractivity contribution in [1.29, 1.82) is 0 Å². The summed E-state index contributed by atoms with van der Waals surface area (Å²) in [6, 6.07) is 14.1. The minimum atomic E-state index is -0.635. The summed E-state index contributed by atoms with van der Waals surface area (Å²) in [5.41, 5.74) is 1.30. The molecule has 0 bridgehead atoms. The van der Waals surface area contributed by atoms with Gasteiger partial charge in [0.25, 0.3) is 5.91 Å². The van der Waals surface area contributed by atoms with Gasteiger partial charge in [0, 0.05) is 11.1 Å². The van der Waals surface area contributed by atoms with Crippen LogP contribution in [0.2, 0.25) is 0 Å². The van der Waals surface area contributed by atoms with Crippen LogP contribution in [0.4, 0.5) is 5.69 Å². The minimum Gasteiger partial charge on any atom is -0.507 e. The van der Waals surface area contributed by atoms with Crippen molar-refractivity contribution in [2.45, 2.75) is 26.2 Å². The molecule has 6 heteroatoms. The lowest BCUT2D eigenvalue weighted by molar-refractivity contribution is 0.0973. The molecule has 0 saturated heterocycles. The number of hydrogen-bond donors (Lipinski definition) is 3. The van der Waals surface area contributed by atoms with Gasteiger partial charge in [0.05, 0.1) is 22.4 Å². The van der Waals surface area contributed by atoms with Crippen molar-refractivity contribution in [3.63, 3.8) is 0 Å². The fraction of sp³-hybridized carbons (Fsp3) is 0.160. The van der Waals surface area contributed by atoms with E-state index in [2.05, 4.69) is 12.2 Å². The van der Waals surface area contributed by atoms with Gasteiger partial charge in [-0.3, -0.25) is 14.4 Å². The lowest BCUT2D eigenvalue weighted by atomic mass is 9.82. The first-order chi connectivity index (χ1) is 14.9. The summed E-state index contributed by atoms with van der Waals surface area (Å²) in [6.45, 7) is 2.12. The van der Waals surface area contributed by atoms with Gasteiger partial charge in [0.15, 0.2) is 11.6 Å². The van der Waals surface area contributed by atoms with Crippen LogP contribution in [0.1, 0.15) is 67.5 Å². The van der Waals surface area contributed by atoms with Crippen LogP contribution < -0.4 is 5.32 Å². The third kappa shape index (κ3) is 3.57. The van der Waals surface area contributed by atoms with E-state index in [0.717, 1.165) is 30.9 Å². The lowest BCUT2D eigenvalue weighted by Gasteiger charge is -2.21. The predicted octanol–water partition coefficient (Wildman–Crippen LogP) is 4.47. The van der Waals surface area contributed by atoms with Crippen molar-refractivity contribution in [2.24, 2.45) is 0 Å². The first-order valence-corrected chi connectivity index (χ1v) is 10.1. The van der Waals surface area contributed by atoms with Gasteiger partial charge in [-0.2, -0.15) is 0 Å². The molecule has 0 fully saturated rings. The number of phenolic OH excluding ortho intramolecular Hbond substituents is 2. The van der Waals surface area contributed by atoms with E-state index in [1.807, 2.05) is 12.1 Å². The number of aryl methyl sites for hydroxylation is 1. The summed E-state index contributed by atoms with van der Waals surface area (Å²) in [5, 5.41) is 23.0. The number of hydrogen-bond acceptors (Lipinski definition) is 5. The minimum absolute atomic E-state index is 0.00573. The van der Waals surface area contributed by atoms with E-state index in [4.69, 9.17) is 0 Å². The Bertz CT molecular complexity index is 1210. The fourth-order valence-electron chi connectivity index (χ4n) is 3.79. The summed E-state index contributed by atoms with van der Waals surface area (Å²) in [7, 11) is 0. The van der Waals surface area contributed by atoms with E-state index < -0.39 is 23.2 Å². The number of benzene rings is 3. The van der Waals surface area contributed by atoms with Crippen LogP contribution in [0.25, 0.3) is 0 Å². The van der Waals surface area contributed by atoms with Crippen LogP contribution >= 0.6 is 0 Å². The van der Waals surface area contributed by atoms with Crippen molar-refractivity contribution in [2.75, 3.05) is 5.32 Å². The van der Waals surface area contributed by atoms with E-state index in [0.29, 0.717) is 5.56 Å². The van der Waals surface area contributed by atoms with Crippen LogP contribution in [0.3, 0.4) is 0 Å². The fourth-order valence-corrected chi connectivity index (χ4v) is 3.79. The Labute approximate surface area is 179 Å². The van der Waals surface area contributed by atoms with Gasteiger partial charge in [0.1, 0.15) is 11.5 Å². The predicted molar refractivity (Wildman–Crippen MR) is 116 cm³/mol. The molecule has 6 nitrogen and oxygen atoms in total. The number of rotatable bonds is 5. The summed E-state index contributed by atoms with van der Waals surface area (Å²) < 4.78 is 0. The summed E-state index contributed by atoms with van der Waals surface area (Å²) in [4.78, 5) is 38.8. The molecule has 4 rings (SSSR count). The second kappa shape index (κ2) is 8.07. The summed E-state index contributed by atoms with van der Waals surface area (Å²) >= 11 is 0. The van der Waals surface area contributed by atoms with Crippen LogP contribution in [0.15, 0.2) is 54.6 Å². The maximum atomic E-state index is 13.1. The molecule has 3 aromatic rings. The highest BCUT2D eigenvalue weighted by atomic mass is 16.3. The first kappa shape index (κ1) is 20.3. The van der Waals surface area contributed by atoms with E-state index in [1.165, 1.54) is 18.2 Å². The van der Waals surface area contributed by atoms with E-state index in [9.17, 15) is 24.6 Å². The Morgan fingerprint density at radius 1 is 0.839 bits per heavy atom.